The van der Waals surface area contributed by atoms with Crippen molar-refractivity contribution >= 4 is 11.3 Å². The van der Waals surface area contributed by atoms with E-state index >= 15 is 0 Å². The summed E-state index contributed by atoms with van der Waals surface area (Å²) in [5.41, 5.74) is 7.44. The second-order valence-corrected chi connectivity index (χ2v) is 4.81. The molecular weight excluding hydrogens is 194 g/mol. The van der Waals surface area contributed by atoms with Crippen LogP contribution < -0.4 is 5.73 Å². The number of methoxy groups -OCH3 is 1. The Balaban J connectivity index is 2.28. The van der Waals surface area contributed by atoms with Crippen molar-refractivity contribution in [1.29, 1.82) is 0 Å². The summed E-state index contributed by atoms with van der Waals surface area (Å²) in [5.74, 6) is 0. The number of nitrogens with two attached hydrogens (primary N) is 1. The molecule has 2 nitrogen and oxygen atoms in total. The molecule has 1 unspecified atom stereocenters. The van der Waals surface area contributed by atoms with E-state index in [2.05, 4.69) is 23.8 Å². The van der Waals surface area contributed by atoms with Crippen LogP contribution in [0.3, 0.4) is 0 Å². The van der Waals surface area contributed by atoms with Gasteiger partial charge in [0.2, 0.25) is 0 Å². The molecular formula is C11H19NOS. The number of thiophene rings is 1. The zero-order chi connectivity index (χ0) is 10.4. The summed E-state index contributed by atoms with van der Waals surface area (Å²) in [6, 6.07) is 2.16. The Morgan fingerprint density at radius 3 is 2.86 bits per heavy atom. The van der Waals surface area contributed by atoms with Crippen LogP contribution in [0.2, 0.25) is 0 Å². The van der Waals surface area contributed by atoms with Crippen LogP contribution in [0.1, 0.15) is 25.3 Å². The maximum absolute atomic E-state index is 6.14. The van der Waals surface area contributed by atoms with Gasteiger partial charge in [0.25, 0.3) is 0 Å². The zero-order valence-electron chi connectivity index (χ0n) is 8.95. The maximum Gasteiger partial charge on any atom is 0.0479 e. The molecule has 0 aliphatic heterocycles. The minimum atomic E-state index is -0.0993. The third-order valence-corrected chi connectivity index (χ3v) is 3.17. The molecule has 0 amide bonds. The topological polar surface area (TPSA) is 35.2 Å². The van der Waals surface area contributed by atoms with Crippen LogP contribution in [-0.2, 0) is 11.2 Å². The molecule has 0 aromatic carbocycles. The van der Waals surface area contributed by atoms with Crippen LogP contribution in [0.4, 0.5) is 0 Å². The van der Waals surface area contributed by atoms with Gasteiger partial charge in [-0.3, -0.25) is 0 Å². The van der Waals surface area contributed by atoms with Crippen molar-refractivity contribution in [1.82, 2.24) is 0 Å². The Morgan fingerprint density at radius 1 is 1.50 bits per heavy atom. The minimum Gasteiger partial charge on any atom is -0.385 e. The number of hydrogen-bond acceptors (Lipinski definition) is 3. The molecule has 0 saturated heterocycles. The van der Waals surface area contributed by atoms with Crippen molar-refractivity contribution in [2.45, 2.75) is 31.7 Å². The fourth-order valence-corrected chi connectivity index (χ4v) is 2.03. The summed E-state index contributed by atoms with van der Waals surface area (Å²) in [6.45, 7) is 2.84. The molecule has 14 heavy (non-hydrogen) atoms. The zero-order valence-corrected chi connectivity index (χ0v) is 9.77. The molecule has 0 radical (unpaired) electrons. The van der Waals surface area contributed by atoms with Crippen molar-refractivity contribution in [3.63, 3.8) is 0 Å². The van der Waals surface area contributed by atoms with Crippen LogP contribution in [-0.4, -0.2) is 19.3 Å². The van der Waals surface area contributed by atoms with Gasteiger partial charge in [-0.05, 0) is 48.6 Å². The van der Waals surface area contributed by atoms with E-state index in [0.29, 0.717) is 0 Å². The summed E-state index contributed by atoms with van der Waals surface area (Å²) < 4.78 is 5.04. The van der Waals surface area contributed by atoms with Gasteiger partial charge in [0.1, 0.15) is 0 Å². The lowest BCUT2D eigenvalue weighted by atomic mass is 9.92. The van der Waals surface area contributed by atoms with Crippen molar-refractivity contribution < 1.29 is 4.74 Å². The number of rotatable bonds is 6. The van der Waals surface area contributed by atoms with Gasteiger partial charge >= 0.3 is 0 Å². The maximum atomic E-state index is 6.14. The average Bonchev–Trinajstić information content (AvgIpc) is 2.64. The van der Waals surface area contributed by atoms with Gasteiger partial charge in [0, 0.05) is 19.3 Å². The van der Waals surface area contributed by atoms with E-state index in [1.54, 1.807) is 18.4 Å². The first-order valence-corrected chi connectivity index (χ1v) is 5.87. The summed E-state index contributed by atoms with van der Waals surface area (Å²) in [7, 11) is 1.72. The smallest absolute Gasteiger partial charge is 0.0479 e. The van der Waals surface area contributed by atoms with E-state index in [4.69, 9.17) is 10.5 Å². The SMILES string of the molecule is COCCC(C)(N)CCc1ccsc1. The molecule has 0 aliphatic carbocycles. The van der Waals surface area contributed by atoms with E-state index in [9.17, 15) is 0 Å². The molecule has 1 heterocycles. The monoisotopic (exact) mass is 213 g/mol. The highest BCUT2D eigenvalue weighted by molar-refractivity contribution is 7.07. The molecule has 1 aromatic heterocycles. The second kappa shape index (κ2) is 5.49. The standard InChI is InChI=1S/C11H19NOS/c1-11(12,6-7-13-2)5-3-10-4-8-14-9-10/h4,8-9H,3,5-7,12H2,1-2H3. The normalized spacial score (nSPS) is 15.4. The largest absolute Gasteiger partial charge is 0.385 e. The van der Waals surface area contributed by atoms with Gasteiger partial charge in [0.05, 0.1) is 0 Å². The van der Waals surface area contributed by atoms with Crippen molar-refractivity contribution in [2.24, 2.45) is 5.73 Å². The molecule has 80 valence electrons. The van der Waals surface area contributed by atoms with E-state index in [1.165, 1.54) is 5.56 Å². The van der Waals surface area contributed by atoms with Crippen LogP contribution in [0, 0.1) is 0 Å². The molecule has 1 aromatic rings. The van der Waals surface area contributed by atoms with Gasteiger partial charge in [-0.2, -0.15) is 11.3 Å². The molecule has 0 saturated carbocycles. The fourth-order valence-electron chi connectivity index (χ4n) is 1.33. The predicted molar refractivity (Wildman–Crippen MR) is 61.7 cm³/mol. The van der Waals surface area contributed by atoms with Crippen LogP contribution >= 0.6 is 11.3 Å². The van der Waals surface area contributed by atoms with Gasteiger partial charge in [0.15, 0.2) is 0 Å². The highest BCUT2D eigenvalue weighted by Gasteiger charge is 2.17. The molecule has 0 aliphatic rings. The summed E-state index contributed by atoms with van der Waals surface area (Å²) in [4.78, 5) is 0. The number of aryl methyl sites for hydroxylation is 1. The first-order chi connectivity index (χ1) is 6.64. The van der Waals surface area contributed by atoms with Gasteiger partial charge in [-0.1, -0.05) is 0 Å². The predicted octanol–water partition coefficient (Wildman–Crippen LogP) is 2.43. The third-order valence-electron chi connectivity index (χ3n) is 2.44. The van der Waals surface area contributed by atoms with Crippen molar-refractivity contribution in [2.75, 3.05) is 13.7 Å². The first-order valence-electron chi connectivity index (χ1n) is 4.93. The summed E-state index contributed by atoms with van der Waals surface area (Å²) in [5, 5.41) is 4.30. The summed E-state index contributed by atoms with van der Waals surface area (Å²) >= 11 is 1.74. The fraction of sp³-hybridized carbons (Fsp3) is 0.636. The molecule has 0 spiro atoms. The van der Waals surface area contributed by atoms with E-state index in [1.807, 2.05) is 0 Å². The van der Waals surface area contributed by atoms with Crippen LogP contribution in [0.25, 0.3) is 0 Å². The minimum absolute atomic E-state index is 0.0993. The Bertz CT molecular complexity index is 244. The highest BCUT2D eigenvalue weighted by atomic mass is 32.1. The lowest BCUT2D eigenvalue weighted by molar-refractivity contribution is 0.169. The Kier molecular flexibility index (Phi) is 4.58. The third kappa shape index (κ3) is 4.22. The lowest BCUT2D eigenvalue weighted by Gasteiger charge is -2.23. The molecule has 2 N–H and O–H groups in total. The Labute approximate surface area is 90.1 Å². The second-order valence-electron chi connectivity index (χ2n) is 4.03. The van der Waals surface area contributed by atoms with Crippen LogP contribution in [0.5, 0.6) is 0 Å². The number of hydrogen-bond donors (Lipinski definition) is 1. The van der Waals surface area contributed by atoms with E-state index < -0.39 is 0 Å². The molecule has 3 heteroatoms. The van der Waals surface area contributed by atoms with E-state index in [0.717, 1.165) is 25.9 Å². The first kappa shape index (κ1) is 11.7. The van der Waals surface area contributed by atoms with Crippen molar-refractivity contribution in [3.8, 4) is 0 Å². The van der Waals surface area contributed by atoms with Gasteiger partial charge < -0.3 is 10.5 Å². The molecule has 1 atom stereocenters. The number of ether oxygens (including phenoxy) is 1. The van der Waals surface area contributed by atoms with E-state index in [-0.39, 0.29) is 5.54 Å². The Morgan fingerprint density at radius 2 is 2.29 bits per heavy atom. The van der Waals surface area contributed by atoms with Crippen LogP contribution in [0.15, 0.2) is 16.8 Å². The quantitative estimate of drug-likeness (QED) is 0.787. The summed E-state index contributed by atoms with van der Waals surface area (Å²) in [6.07, 6.45) is 3.01. The lowest BCUT2D eigenvalue weighted by Crippen LogP contribution is -2.37. The Hall–Kier alpha value is -0.380. The van der Waals surface area contributed by atoms with Gasteiger partial charge in [-0.25, -0.2) is 0 Å². The molecule has 0 fully saturated rings. The average molecular weight is 213 g/mol. The van der Waals surface area contributed by atoms with Crippen molar-refractivity contribution in [3.05, 3.63) is 22.4 Å². The highest BCUT2D eigenvalue weighted by Crippen LogP contribution is 2.16. The molecule has 0 bridgehead atoms. The molecule has 1 rings (SSSR count). The van der Waals surface area contributed by atoms with Gasteiger partial charge in [-0.15, -0.1) is 0 Å².